The Hall–Kier alpha value is -2.68. The van der Waals surface area contributed by atoms with Crippen LogP contribution >= 0.6 is 23.1 Å². The summed E-state index contributed by atoms with van der Waals surface area (Å²) in [6, 6.07) is 8.15. The summed E-state index contributed by atoms with van der Waals surface area (Å²) < 4.78 is 4.16. The molecule has 2 aromatic heterocycles. The van der Waals surface area contributed by atoms with Gasteiger partial charge in [-0.2, -0.15) is 0 Å². The molecule has 3 aromatic rings. The first-order valence-electron chi connectivity index (χ1n) is 12.8. The molecule has 1 aliphatic rings. The second kappa shape index (κ2) is 11.8. The van der Waals surface area contributed by atoms with Crippen LogP contribution in [0, 0.1) is 13.8 Å². The van der Waals surface area contributed by atoms with Crippen LogP contribution in [0.25, 0.3) is 10.6 Å². The van der Waals surface area contributed by atoms with Gasteiger partial charge in [-0.15, -0.1) is 0 Å². The van der Waals surface area contributed by atoms with Crippen molar-refractivity contribution in [2.75, 3.05) is 25.5 Å². The highest BCUT2D eigenvalue weighted by Crippen LogP contribution is 2.34. The summed E-state index contributed by atoms with van der Waals surface area (Å²) in [7, 11) is 4.30. The monoisotopic (exact) mass is 541 g/mol. The normalized spacial score (nSPS) is 17.7. The lowest BCUT2D eigenvalue weighted by atomic mass is 9.89. The molecule has 0 aliphatic heterocycles. The quantitative estimate of drug-likeness (QED) is 0.399. The molecular formula is C28H36ClN5O2S. The average Bonchev–Trinajstić information content (AvgIpc) is 3.40. The molecule has 1 amide bonds. The summed E-state index contributed by atoms with van der Waals surface area (Å²) in [6.45, 7) is 6.93. The number of carbonyl (C=O) groups is 1. The number of halogens is 1. The molecule has 1 fully saturated rings. The molecular weight excluding hydrogens is 506 g/mol. The van der Waals surface area contributed by atoms with Crippen LogP contribution in [-0.4, -0.2) is 52.9 Å². The number of hydrogen-bond acceptors (Lipinski definition) is 6. The van der Waals surface area contributed by atoms with E-state index in [-0.39, 0.29) is 17.9 Å². The Morgan fingerprint density at radius 2 is 1.86 bits per heavy atom. The number of hydrogen-bond donors (Lipinski definition) is 2. The van der Waals surface area contributed by atoms with Crippen LogP contribution < -0.4 is 15.6 Å². The van der Waals surface area contributed by atoms with E-state index < -0.39 is 0 Å². The number of carbonyl (C=O) groups excluding carboxylic acids is 1. The molecule has 0 bridgehead atoms. The number of aromatic nitrogens is 2. The largest absolute Gasteiger partial charge is 0.369 e. The SMILES string of the molecule is CCN(c1cc(Cl)cc(C(=O)NCc2c(-c3ccns3)[nH]c(C)cc2=O)c1C)[C@H]1CC[C@H](N(C)C)CC1. The van der Waals surface area contributed by atoms with Crippen LogP contribution in [0.3, 0.4) is 0 Å². The first kappa shape index (κ1) is 27.4. The summed E-state index contributed by atoms with van der Waals surface area (Å²) in [6.07, 6.45) is 6.25. The fraction of sp³-hybridized carbons (Fsp3) is 0.464. The molecule has 0 radical (unpaired) electrons. The second-order valence-electron chi connectivity index (χ2n) is 10.0. The summed E-state index contributed by atoms with van der Waals surface area (Å²) in [5.74, 6) is -0.246. The van der Waals surface area contributed by atoms with Crippen LogP contribution in [-0.2, 0) is 6.54 Å². The van der Waals surface area contributed by atoms with Crippen molar-refractivity contribution in [2.45, 2.75) is 65.1 Å². The van der Waals surface area contributed by atoms with Crippen LogP contribution in [0.1, 0.15) is 59.8 Å². The van der Waals surface area contributed by atoms with Crippen molar-refractivity contribution in [1.29, 1.82) is 0 Å². The van der Waals surface area contributed by atoms with Crippen molar-refractivity contribution in [1.82, 2.24) is 19.6 Å². The van der Waals surface area contributed by atoms with Gasteiger partial charge in [0.15, 0.2) is 5.43 Å². The Morgan fingerprint density at radius 1 is 1.16 bits per heavy atom. The molecule has 2 N–H and O–H groups in total. The van der Waals surface area contributed by atoms with Gasteiger partial charge in [0.2, 0.25) is 0 Å². The van der Waals surface area contributed by atoms with Crippen molar-refractivity contribution in [2.24, 2.45) is 0 Å². The van der Waals surface area contributed by atoms with Gasteiger partial charge in [-0.25, -0.2) is 4.37 Å². The number of benzene rings is 1. The first-order valence-corrected chi connectivity index (χ1v) is 14.0. The third-order valence-electron chi connectivity index (χ3n) is 7.46. The summed E-state index contributed by atoms with van der Waals surface area (Å²) in [5.41, 5.74) is 4.29. The number of aromatic amines is 1. The minimum absolute atomic E-state index is 0.106. The van der Waals surface area contributed by atoms with Gasteiger partial charge in [0.05, 0.1) is 10.6 Å². The highest BCUT2D eigenvalue weighted by Gasteiger charge is 2.28. The lowest BCUT2D eigenvalue weighted by molar-refractivity contribution is 0.0950. The molecule has 4 rings (SSSR count). The third kappa shape index (κ3) is 6.08. The highest BCUT2D eigenvalue weighted by atomic mass is 35.5. The number of H-pyrrole nitrogens is 1. The fourth-order valence-corrected chi connectivity index (χ4v) is 6.26. The molecule has 9 heteroatoms. The molecule has 1 aromatic carbocycles. The Balaban J connectivity index is 1.57. The van der Waals surface area contributed by atoms with E-state index in [9.17, 15) is 9.59 Å². The van der Waals surface area contributed by atoms with Crippen molar-refractivity contribution in [3.8, 4) is 10.6 Å². The number of amides is 1. The van der Waals surface area contributed by atoms with Gasteiger partial charge in [-0.3, -0.25) is 9.59 Å². The van der Waals surface area contributed by atoms with E-state index in [1.807, 2.05) is 26.0 Å². The number of nitrogens with one attached hydrogen (secondary N) is 2. The molecule has 37 heavy (non-hydrogen) atoms. The van der Waals surface area contributed by atoms with E-state index in [2.05, 4.69) is 45.5 Å². The van der Waals surface area contributed by atoms with Crippen molar-refractivity contribution < 1.29 is 4.79 Å². The van der Waals surface area contributed by atoms with Crippen molar-refractivity contribution >= 4 is 34.7 Å². The summed E-state index contributed by atoms with van der Waals surface area (Å²) >= 11 is 7.86. The second-order valence-corrected chi connectivity index (χ2v) is 11.3. The van der Waals surface area contributed by atoms with Crippen molar-refractivity contribution in [3.63, 3.8) is 0 Å². The predicted octanol–water partition coefficient (Wildman–Crippen LogP) is 5.40. The number of aryl methyl sites for hydroxylation is 1. The van der Waals surface area contributed by atoms with Crippen LogP contribution in [0.5, 0.6) is 0 Å². The molecule has 1 aliphatic carbocycles. The predicted molar refractivity (Wildman–Crippen MR) is 153 cm³/mol. The molecule has 198 valence electrons. The van der Waals surface area contributed by atoms with E-state index in [0.717, 1.165) is 54.0 Å². The van der Waals surface area contributed by atoms with Crippen LogP contribution in [0.2, 0.25) is 5.02 Å². The Bertz CT molecular complexity index is 1300. The topological polar surface area (TPSA) is 81.3 Å². The number of rotatable bonds is 8. The van der Waals surface area contributed by atoms with E-state index in [1.165, 1.54) is 11.5 Å². The average molecular weight is 542 g/mol. The van der Waals surface area contributed by atoms with Gasteiger partial charge < -0.3 is 20.1 Å². The third-order valence-corrected chi connectivity index (χ3v) is 8.44. The maximum absolute atomic E-state index is 13.4. The van der Waals surface area contributed by atoms with Crippen molar-refractivity contribution in [3.05, 3.63) is 68.1 Å². The highest BCUT2D eigenvalue weighted by molar-refractivity contribution is 7.09. The molecule has 1 saturated carbocycles. The molecule has 0 unspecified atom stereocenters. The number of nitrogens with zero attached hydrogens (tertiary/aromatic N) is 3. The van der Waals surface area contributed by atoms with Gasteiger partial charge in [0, 0.05) is 65.0 Å². The zero-order chi connectivity index (χ0) is 26.7. The number of pyridine rings is 1. The fourth-order valence-electron chi connectivity index (χ4n) is 5.42. The summed E-state index contributed by atoms with van der Waals surface area (Å²) in [4.78, 5) is 35.1. The molecule has 2 heterocycles. The van der Waals surface area contributed by atoms with Gasteiger partial charge in [0.1, 0.15) is 0 Å². The maximum Gasteiger partial charge on any atom is 0.251 e. The zero-order valence-corrected chi connectivity index (χ0v) is 23.8. The van der Waals surface area contributed by atoms with Gasteiger partial charge in [0.25, 0.3) is 5.91 Å². The molecule has 0 saturated heterocycles. The number of anilines is 1. The van der Waals surface area contributed by atoms with E-state index in [0.29, 0.717) is 33.9 Å². The van der Waals surface area contributed by atoms with Crippen LogP contribution in [0.15, 0.2) is 35.3 Å². The Labute approximate surface area is 228 Å². The zero-order valence-electron chi connectivity index (χ0n) is 22.2. The standard InChI is InChI=1S/C28H36ClN5O2S/c1-6-34(21-9-7-20(8-10-21)33(4)5)24-15-19(29)14-22(18(24)3)28(36)30-16-23-25(35)13-17(2)32-27(23)26-11-12-31-37-26/h11-15,20-21H,6-10,16H2,1-5H3,(H,30,36)(H,32,35)/t20-,21-. The van der Waals surface area contributed by atoms with E-state index >= 15 is 0 Å². The van der Waals surface area contributed by atoms with Gasteiger partial charge in [-0.1, -0.05) is 11.6 Å². The van der Waals surface area contributed by atoms with Gasteiger partial charge in [-0.05, 0) is 95.8 Å². The van der Waals surface area contributed by atoms with Gasteiger partial charge >= 0.3 is 0 Å². The lowest BCUT2D eigenvalue weighted by Crippen LogP contribution is -2.42. The smallest absolute Gasteiger partial charge is 0.251 e. The minimum Gasteiger partial charge on any atom is -0.369 e. The van der Waals surface area contributed by atoms with Crippen LogP contribution in [0.4, 0.5) is 5.69 Å². The van der Waals surface area contributed by atoms with E-state index in [1.54, 1.807) is 18.3 Å². The molecule has 0 spiro atoms. The first-order chi connectivity index (χ1) is 17.7. The lowest BCUT2D eigenvalue weighted by Gasteiger charge is -2.40. The minimum atomic E-state index is -0.246. The molecule has 0 atom stereocenters. The molecule has 7 nitrogen and oxygen atoms in total. The maximum atomic E-state index is 13.4. The Morgan fingerprint density at radius 3 is 2.49 bits per heavy atom. The summed E-state index contributed by atoms with van der Waals surface area (Å²) in [5, 5.41) is 3.50. The Kier molecular flexibility index (Phi) is 8.72. The van der Waals surface area contributed by atoms with E-state index in [4.69, 9.17) is 11.6 Å².